The van der Waals surface area contributed by atoms with E-state index in [9.17, 15) is 9.59 Å². The van der Waals surface area contributed by atoms with Gasteiger partial charge in [-0.1, -0.05) is 36.4 Å². The predicted molar refractivity (Wildman–Crippen MR) is 67.6 cm³/mol. The summed E-state index contributed by atoms with van der Waals surface area (Å²) in [6.45, 7) is 3.52. The minimum absolute atomic E-state index is 0.107. The van der Waals surface area contributed by atoms with Crippen molar-refractivity contribution in [1.82, 2.24) is 0 Å². The van der Waals surface area contributed by atoms with Crippen molar-refractivity contribution in [1.29, 1.82) is 0 Å². The lowest BCUT2D eigenvalue weighted by atomic mass is 10.2. The molecule has 0 unspecified atom stereocenters. The Morgan fingerprint density at radius 2 is 2.06 bits per heavy atom. The van der Waals surface area contributed by atoms with Crippen molar-refractivity contribution in [3.63, 3.8) is 0 Å². The van der Waals surface area contributed by atoms with Crippen LogP contribution in [0.3, 0.4) is 0 Å². The van der Waals surface area contributed by atoms with E-state index in [4.69, 9.17) is 21.4 Å². The molecule has 0 amide bonds. The number of aliphatic carboxylic acids is 1. The summed E-state index contributed by atoms with van der Waals surface area (Å²) >= 11 is 5.82. The van der Waals surface area contributed by atoms with E-state index in [1.165, 1.54) is 6.08 Å². The number of esters is 1. The van der Waals surface area contributed by atoms with Gasteiger partial charge < -0.3 is 9.84 Å². The molecule has 0 radical (unpaired) electrons. The van der Waals surface area contributed by atoms with Gasteiger partial charge >= 0.3 is 11.9 Å². The fraction of sp³-hybridized carbons (Fsp3) is 0.0769. The van der Waals surface area contributed by atoms with Crippen molar-refractivity contribution >= 4 is 23.5 Å². The third kappa shape index (κ3) is 4.43. The van der Waals surface area contributed by atoms with E-state index in [-0.39, 0.29) is 17.7 Å². The number of carboxylic acid groups (broad SMARTS) is 1. The molecule has 0 atom stereocenters. The van der Waals surface area contributed by atoms with E-state index in [1.54, 1.807) is 24.3 Å². The first-order valence-electron chi connectivity index (χ1n) is 5.04. The molecule has 1 aromatic rings. The topological polar surface area (TPSA) is 63.6 Å². The number of hydrogen-bond acceptors (Lipinski definition) is 3. The summed E-state index contributed by atoms with van der Waals surface area (Å²) in [5, 5.41) is 8.71. The van der Waals surface area contributed by atoms with Gasteiger partial charge in [0.2, 0.25) is 0 Å². The van der Waals surface area contributed by atoms with E-state index < -0.39 is 11.9 Å². The van der Waals surface area contributed by atoms with Crippen molar-refractivity contribution in [2.45, 2.75) is 6.42 Å². The first-order chi connectivity index (χ1) is 8.50. The van der Waals surface area contributed by atoms with Gasteiger partial charge in [0, 0.05) is 11.6 Å². The van der Waals surface area contributed by atoms with Crippen LogP contribution < -0.4 is 4.74 Å². The van der Waals surface area contributed by atoms with Crippen LogP contribution in [0.4, 0.5) is 0 Å². The minimum atomic E-state index is -1.08. The number of carbonyl (C=O) groups excluding carboxylic acids is 1. The maximum atomic E-state index is 11.6. The van der Waals surface area contributed by atoms with Gasteiger partial charge in [0.05, 0.1) is 5.02 Å². The Morgan fingerprint density at radius 3 is 2.67 bits per heavy atom. The van der Waals surface area contributed by atoms with Gasteiger partial charge in [0.1, 0.15) is 5.75 Å². The molecule has 0 aromatic heterocycles. The van der Waals surface area contributed by atoms with Crippen LogP contribution in [0.5, 0.6) is 5.75 Å². The van der Waals surface area contributed by atoms with Crippen LogP contribution in [-0.4, -0.2) is 17.0 Å². The summed E-state index contributed by atoms with van der Waals surface area (Å²) in [6.07, 6.45) is 2.36. The molecule has 4 nitrogen and oxygen atoms in total. The number of hydrogen-bond donors (Lipinski definition) is 1. The molecule has 0 saturated heterocycles. The largest absolute Gasteiger partial charge is 0.478 e. The lowest BCUT2D eigenvalue weighted by Crippen LogP contribution is -2.10. The summed E-state index contributed by atoms with van der Waals surface area (Å²) < 4.78 is 5.01. The number of halogens is 1. The molecule has 0 spiro atoms. The predicted octanol–water partition coefficient (Wildman–Crippen LogP) is 2.83. The number of allylic oxidation sites excluding steroid dienone is 1. The summed E-state index contributed by atoms with van der Waals surface area (Å²) in [5.41, 5.74) is 0.146. The van der Waals surface area contributed by atoms with E-state index >= 15 is 0 Å². The second kappa shape index (κ2) is 6.61. The highest BCUT2D eigenvalue weighted by Gasteiger charge is 2.10. The maximum Gasteiger partial charge on any atom is 0.339 e. The van der Waals surface area contributed by atoms with Crippen molar-refractivity contribution in [3.05, 3.63) is 53.6 Å². The van der Waals surface area contributed by atoms with E-state index in [0.29, 0.717) is 5.02 Å². The fourth-order valence-corrected chi connectivity index (χ4v) is 1.26. The molecule has 18 heavy (non-hydrogen) atoms. The molecule has 0 fully saturated rings. The molecule has 5 heteroatoms. The minimum Gasteiger partial charge on any atom is -0.478 e. The molecular formula is C13H11ClO4. The van der Waals surface area contributed by atoms with Crippen LogP contribution in [0.25, 0.3) is 0 Å². The second-order valence-corrected chi connectivity index (χ2v) is 3.78. The number of para-hydroxylation sites is 1. The quantitative estimate of drug-likeness (QED) is 0.506. The SMILES string of the molecule is C=C(CC=CC(=O)O)C(=O)Oc1ccccc1Cl. The van der Waals surface area contributed by atoms with Gasteiger partial charge in [-0.25, -0.2) is 9.59 Å². The lowest BCUT2D eigenvalue weighted by molar-refractivity contribution is -0.132. The molecule has 1 aromatic carbocycles. The third-order valence-corrected chi connectivity index (χ3v) is 2.26. The van der Waals surface area contributed by atoms with Crippen LogP contribution in [-0.2, 0) is 9.59 Å². The lowest BCUT2D eigenvalue weighted by Gasteiger charge is -2.06. The number of benzene rings is 1. The highest BCUT2D eigenvalue weighted by Crippen LogP contribution is 2.24. The van der Waals surface area contributed by atoms with Crippen LogP contribution in [0.2, 0.25) is 5.02 Å². The Bertz CT molecular complexity index is 505. The van der Waals surface area contributed by atoms with E-state index in [0.717, 1.165) is 6.08 Å². The van der Waals surface area contributed by atoms with Gasteiger partial charge in [0.15, 0.2) is 0 Å². The molecule has 0 bridgehead atoms. The molecule has 1 rings (SSSR count). The maximum absolute atomic E-state index is 11.6. The average molecular weight is 267 g/mol. The first kappa shape index (κ1) is 14.0. The standard InChI is InChI=1S/C13H11ClO4/c1-9(5-4-8-12(15)16)13(17)18-11-7-3-2-6-10(11)14/h2-4,6-8H,1,5H2,(H,15,16). The van der Waals surface area contributed by atoms with Gasteiger partial charge in [-0.05, 0) is 18.6 Å². The fourth-order valence-electron chi connectivity index (χ4n) is 1.08. The summed E-state index contributed by atoms with van der Waals surface area (Å²) in [7, 11) is 0. The number of ether oxygens (including phenoxy) is 1. The highest BCUT2D eigenvalue weighted by molar-refractivity contribution is 6.32. The van der Waals surface area contributed by atoms with Gasteiger partial charge in [0.25, 0.3) is 0 Å². The summed E-state index contributed by atoms with van der Waals surface area (Å²) in [4.78, 5) is 21.8. The zero-order chi connectivity index (χ0) is 13.5. The molecule has 0 aliphatic carbocycles. The second-order valence-electron chi connectivity index (χ2n) is 3.37. The number of carbonyl (C=O) groups is 2. The Kier molecular flexibility index (Phi) is 5.14. The number of rotatable bonds is 5. The van der Waals surface area contributed by atoms with Crippen molar-refractivity contribution in [2.75, 3.05) is 0 Å². The van der Waals surface area contributed by atoms with Gasteiger partial charge in [-0.15, -0.1) is 0 Å². The molecule has 0 saturated carbocycles. The summed E-state index contributed by atoms with van der Waals surface area (Å²) in [6, 6.07) is 6.55. The van der Waals surface area contributed by atoms with Crippen LogP contribution in [0.15, 0.2) is 48.6 Å². The first-order valence-corrected chi connectivity index (χ1v) is 5.42. The molecule has 0 heterocycles. The monoisotopic (exact) mass is 266 g/mol. The summed E-state index contributed by atoms with van der Waals surface area (Å²) in [5.74, 6) is -1.48. The molecule has 94 valence electrons. The van der Waals surface area contributed by atoms with Crippen molar-refractivity contribution in [2.24, 2.45) is 0 Å². The Morgan fingerprint density at radius 1 is 1.39 bits per heavy atom. The smallest absolute Gasteiger partial charge is 0.339 e. The molecule has 1 N–H and O–H groups in total. The van der Waals surface area contributed by atoms with Crippen LogP contribution >= 0.6 is 11.6 Å². The average Bonchev–Trinajstić information content (AvgIpc) is 2.31. The molecule has 0 aliphatic rings. The molecule has 0 aliphatic heterocycles. The number of carboxylic acids is 1. The van der Waals surface area contributed by atoms with Crippen LogP contribution in [0.1, 0.15) is 6.42 Å². The van der Waals surface area contributed by atoms with Crippen LogP contribution in [0, 0.1) is 0 Å². The Labute approximate surface area is 109 Å². The third-order valence-electron chi connectivity index (χ3n) is 1.95. The van der Waals surface area contributed by atoms with E-state index in [2.05, 4.69) is 6.58 Å². The normalized spacial score (nSPS) is 10.3. The molecular weight excluding hydrogens is 256 g/mol. The zero-order valence-corrected chi connectivity index (χ0v) is 10.2. The zero-order valence-electron chi connectivity index (χ0n) is 9.43. The van der Waals surface area contributed by atoms with Gasteiger partial charge in [-0.2, -0.15) is 0 Å². The Hall–Kier alpha value is -2.07. The Balaban J connectivity index is 2.58. The van der Waals surface area contributed by atoms with Gasteiger partial charge in [-0.3, -0.25) is 0 Å². The van der Waals surface area contributed by atoms with E-state index in [1.807, 2.05) is 0 Å². The van der Waals surface area contributed by atoms with Crippen molar-refractivity contribution in [3.8, 4) is 5.75 Å². The van der Waals surface area contributed by atoms with Crippen molar-refractivity contribution < 1.29 is 19.4 Å². The highest BCUT2D eigenvalue weighted by atomic mass is 35.5.